The standard InChI is InChI=1S/C20H16IN3O/c1-23-12-13(15-5-3-4-6-18(15)23)7-10-19-22-17-9-8-14(21)11-16(17)20(25)24(19)2/h3-12H,1-2H3. The van der Waals surface area contributed by atoms with Crippen LogP contribution in [0.5, 0.6) is 0 Å². The van der Waals surface area contributed by atoms with Crippen LogP contribution in [-0.4, -0.2) is 14.1 Å². The van der Waals surface area contributed by atoms with Gasteiger partial charge in [0.1, 0.15) is 5.82 Å². The van der Waals surface area contributed by atoms with E-state index in [1.807, 2.05) is 49.5 Å². The molecule has 0 saturated carbocycles. The first-order valence-corrected chi connectivity index (χ1v) is 9.01. The van der Waals surface area contributed by atoms with Crippen LogP contribution in [0.4, 0.5) is 0 Å². The Bertz CT molecular complexity index is 1200. The molecular weight excluding hydrogens is 425 g/mol. The Labute approximate surface area is 158 Å². The Morgan fingerprint density at radius 2 is 1.84 bits per heavy atom. The van der Waals surface area contributed by atoms with Crippen molar-refractivity contribution in [2.24, 2.45) is 14.1 Å². The predicted octanol–water partition coefficient (Wildman–Crippen LogP) is 4.20. The van der Waals surface area contributed by atoms with E-state index in [1.54, 1.807) is 11.6 Å². The number of aryl methyl sites for hydroxylation is 1. The number of nitrogens with zero attached hydrogens (tertiary/aromatic N) is 3. The molecule has 0 spiro atoms. The van der Waals surface area contributed by atoms with Crippen LogP contribution < -0.4 is 5.56 Å². The molecule has 25 heavy (non-hydrogen) atoms. The molecule has 4 nitrogen and oxygen atoms in total. The maximum absolute atomic E-state index is 12.6. The highest BCUT2D eigenvalue weighted by Crippen LogP contribution is 2.22. The van der Waals surface area contributed by atoms with Gasteiger partial charge in [-0.3, -0.25) is 9.36 Å². The molecule has 0 atom stereocenters. The third-order valence-electron chi connectivity index (χ3n) is 4.41. The molecule has 0 aliphatic carbocycles. The molecule has 5 heteroatoms. The number of halogens is 1. The SMILES string of the molecule is Cn1c(C=Cc2cn(C)c3ccccc23)nc2ccc(I)cc2c1=O. The molecule has 2 aromatic heterocycles. The Hall–Kier alpha value is -2.41. The molecule has 124 valence electrons. The number of benzene rings is 2. The van der Waals surface area contributed by atoms with Crippen LogP contribution in [0.1, 0.15) is 11.4 Å². The van der Waals surface area contributed by atoms with Gasteiger partial charge in [0.25, 0.3) is 5.56 Å². The molecule has 0 bridgehead atoms. The second-order valence-electron chi connectivity index (χ2n) is 6.04. The Morgan fingerprint density at radius 1 is 1.04 bits per heavy atom. The van der Waals surface area contributed by atoms with Gasteiger partial charge >= 0.3 is 0 Å². The van der Waals surface area contributed by atoms with Gasteiger partial charge in [-0.1, -0.05) is 18.2 Å². The van der Waals surface area contributed by atoms with E-state index >= 15 is 0 Å². The maximum atomic E-state index is 12.6. The summed E-state index contributed by atoms with van der Waals surface area (Å²) in [7, 11) is 3.79. The average molecular weight is 441 g/mol. The summed E-state index contributed by atoms with van der Waals surface area (Å²) in [6.07, 6.45) is 6.01. The second-order valence-corrected chi connectivity index (χ2v) is 7.29. The number of fused-ring (bicyclic) bond motifs is 2. The van der Waals surface area contributed by atoms with Crippen molar-refractivity contribution in [1.82, 2.24) is 14.1 Å². The summed E-state index contributed by atoms with van der Waals surface area (Å²) in [5.41, 5.74) is 2.98. The fraction of sp³-hybridized carbons (Fsp3) is 0.100. The normalized spacial score (nSPS) is 11.8. The summed E-state index contributed by atoms with van der Waals surface area (Å²) in [6.45, 7) is 0. The predicted molar refractivity (Wildman–Crippen MR) is 112 cm³/mol. The first-order chi connectivity index (χ1) is 12.0. The van der Waals surface area contributed by atoms with Gasteiger partial charge in [0.2, 0.25) is 0 Å². The summed E-state index contributed by atoms with van der Waals surface area (Å²) in [5.74, 6) is 0.645. The zero-order chi connectivity index (χ0) is 17.6. The first-order valence-electron chi connectivity index (χ1n) is 7.93. The van der Waals surface area contributed by atoms with Gasteiger partial charge in [-0.25, -0.2) is 4.98 Å². The molecule has 4 aromatic rings. The minimum Gasteiger partial charge on any atom is -0.350 e. The molecule has 0 radical (unpaired) electrons. The smallest absolute Gasteiger partial charge is 0.261 e. The fourth-order valence-electron chi connectivity index (χ4n) is 3.08. The van der Waals surface area contributed by atoms with E-state index < -0.39 is 0 Å². The first kappa shape index (κ1) is 16.1. The molecule has 4 rings (SSSR count). The highest BCUT2D eigenvalue weighted by Gasteiger charge is 2.08. The second kappa shape index (κ2) is 6.15. The number of hydrogen-bond acceptors (Lipinski definition) is 2. The highest BCUT2D eigenvalue weighted by molar-refractivity contribution is 14.1. The maximum Gasteiger partial charge on any atom is 0.261 e. The summed E-state index contributed by atoms with van der Waals surface area (Å²) in [5, 5.41) is 1.83. The third kappa shape index (κ3) is 2.78. The van der Waals surface area contributed by atoms with Gasteiger partial charge in [-0.15, -0.1) is 0 Å². The molecular formula is C20H16IN3O. The monoisotopic (exact) mass is 441 g/mol. The Balaban J connectivity index is 1.85. The van der Waals surface area contributed by atoms with Gasteiger partial charge in [0.05, 0.1) is 10.9 Å². The summed E-state index contributed by atoms with van der Waals surface area (Å²) in [6, 6.07) is 14.0. The van der Waals surface area contributed by atoms with Gasteiger partial charge in [0, 0.05) is 40.3 Å². The Kier molecular flexibility index (Phi) is 3.95. The van der Waals surface area contributed by atoms with Crippen LogP contribution in [0.25, 0.3) is 34.0 Å². The summed E-state index contributed by atoms with van der Waals surface area (Å²) < 4.78 is 4.73. The summed E-state index contributed by atoms with van der Waals surface area (Å²) in [4.78, 5) is 17.3. The van der Waals surface area contributed by atoms with Crippen molar-refractivity contribution in [3.8, 4) is 0 Å². The zero-order valence-electron chi connectivity index (χ0n) is 13.9. The molecule has 0 aliphatic heterocycles. The molecule has 0 unspecified atom stereocenters. The fourth-order valence-corrected chi connectivity index (χ4v) is 3.57. The molecule has 2 heterocycles. The van der Waals surface area contributed by atoms with Crippen LogP contribution >= 0.6 is 22.6 Å². The molecule has 0 aliphatic rings. The van der Waals surface area contributed by atoms with Crippen LogP contribution in [0.2, 0.25) is 0 Å². The van der Waals surface area contributed by atoms with Gasteiger partial charge in [0.15, 0.2) is 0 Å². The quantitative estimate of drug-likeness (QED) is 0.438. The molecule has 0 amide bonds. The van der Waals surface area contributed by atoms with Gasteiger partial charge in [-0.05, 0) is 59.0 Å². The summed E-state index contributed by atoms with van der Waals surface area (Å²) >= 11 is 2.21. The van der Waals surface area contributed by atoms with E-state index in [2.05, 4.69) is 50.5 Å². The highest BCUT2D eigenvalue weighted by atomic mass is 127. The molecule has 0 N–H and O–H groups in total. The zero-order valence-corrected chi connectivity index (χ0v) is 16.1. The van der Waals surface area contributed by atoms with Crippen molar-refractivity contribution in [3.05, 3.63) is 74.0 Å². The lowest BCUT2D eigenvalue weighted by Gasteiger charge is -2.06. The lowest BCUT2D eigenvalue weighted by molar-refractivity contribution is 0.828. The number of aromatic nitrogens is 3. The van der Waals surface area contributed by atoms with E-state index in [-0.39, 0.29) is 5.56 Å². The van der Waals surface area contributed by atoms with Crippen LogP contribution in [0.15, 0.2) is 53.5 Å². The van der Waals surface area contributed by atoms with E-state index in [9.17, 15) is 4.79 Å². The van der Waals surface area contributed by atoms with Crippen LogP contribution in [0.3, 0.4) is 0 Å². The number of para-hydroxylation sites is 1. The Morgan fingerprint density at radius 3 is 2.68 bits per heavy atom. The molecule has 2 aromatic carbocycles. The number of rotatable bonds is 2. The molecule has 0 saturated heterocycles. The lowest BCUT2D eigenvalue weighted by atomic mass is 10.1. The van der Waals surface area contributed by atoms with Crippen molar-refractivity contribution >= 4 is 56.5 Å². The topological polar surface area (TPSA) is 39.8 Å². The van der Waals surface area contributed by atoms with Crippen LogP contribution in [0, 0.1) is 3.57 Å². The van der Waals surface area contributed by atoms with E-state index in [1.165, 1.54) is 10.9 Å². The molecule has 0 fully saturated rings. The lowest BCUT2D eigenvalue weighted by Crippen LogP contribution is -2.20. The van der Waals surface area contributed by atoms with E-state index in [0.29, 0.717) is 11.2 Å². The van der Waals surface area contributed by atoms with Crippen molar-refractivity contribution < 1.29 is 0 Å². The van der Waals surface area contributed by atoms with E-state index in [0.717, 1.165) is 14.7 Å². The third-order valence-corrected chi connectivity index (χ3v) is 5.08. The average Bonchev–Trinajstić information content (AvgIpc) is 2.94. The van der Waals surface area contributed by atoms with Crippen LogP contribution in [-0.2, 0) is 14.1 Å². The number of hydrogen-bond donors (Lipinski definition) is 0. The van der Waals surface area contributed by atoms with Crippen molar-refractivity contribution in [3.63, 3.8) is 0 Å². The van der Waals surface area contributed by atoms with Gasteiger partial charge in [-0.2, -0.15) is 0 Å². The minimum atomic E-state index is -0.0268. The van der Waals surface area contributed by atoms with Crippen molar-refractivity contribution in [2.45, 2.75) is 0 Å². The van der Waals surface area contributed by atoms with E-state index in [4.69, 9.17) is 0 Å². The largest absolute Gasteiger partial charge is 0.350 e. The van der Waals surface area contributed by atoms with Gasteiger partial charge < -0.3 is 4.57 Å². The van der Waals surface area contributed by atoms with Crippen molar-refractivity contribution in [1.29, 1.82) is 0 Å². The minimum absolute atomic E-state index is 0.0268. The van der Waals surface area contributed by atoms with Crippen molar-refractivity contribution in [2.75, 3.05) is 0 Å².